The number of carbonyl (C=O) groups is 1. The summed E-state index contributed by atoms with van der Waals surface area (Å²) in [5.74, 6) is -0.273. The largest absolute Gasteiger partial charge is 0.340 e. The normalized spacial score (nSPS) is 15.4. The quantitative estimate of drug-likeness (QED) is 0.286. The molecule has 1 aliphatic heterocycles. The summed E-state index contributed by atoms with van der Waals surface area (Å²) in [5.41, 5.74) is 2.75. The van der Waals surface area contributed by atoms with E-state index in [-0.39, 0.29) is 52.3 Å². The third-order valence-electron chi connectivity index (χ3n) is 8.08. The van der Waals surface area contributed by atoms with Gasteiger partial charge in [-0.2, -0.15) is 0 Å². The van der Waals surface area contributed by atoms with Gasteiger partial charge in [0.25, 0.3) is 0 Å². The van der Waals surface area contributed by atoms with Gasteiger partial charge in [0.05, 0.1) is 16.2 Å². The lowest BCUT2D eigenvalue weighted by atomic mass is 9.88. The number of halogens is 2. The highest BCUT2D eigenvalue weighted by Gasteiger charge is 2.28. The summed E-state index contributed by atoms with van der Waals surface area (Å²) < 4.78 is 61.0. The Labute approximate surface area is 261 Å². The van der Waals surface area contributed by atoms with Crippen molar-refractivity contribution < 1.29 is 26.0 Å². The fourth-order valence-electron chi connectivity index (χ4n) is 5.70. The van der Waals surface area contributed by atoms with Gasteiger partial charge in [0.1, 0.15) is 5.82 Å². The Kier molecular flexibility index (Phi) is 11.9. The van der Waals surface area contributed by atoms with Crippen LogP contribution in [0.3, 0.4) is 0 Å². The Morgan fingerprint density at radius 3 is 1.77 bits per heavy atom. The van der Waals surface area contributed by atoms with Gasteiger partial charge in [-0.05, 0) is 85.8 Å². The minimum absolute atomic E-state index is 0. The molecule has 1 fully saturated rings. The smallest absolute Gasteiger partial charge is 0.227 e. The Morgan fingerprint density at radius 2 is 1.30 bits per heavy atom. The number of rotatable bonds is 11. The molecule has 0 bridgehead atoms. The molecule has 1 heterocycles. The standard InChI is InChI=1S/C32H39FN2O5S2.ClH/c1-4-35(32(36)23-24-5-13-29(14-6-24)41(2,37)38)28-17-20-34(21-18-28)22-19-31(25-7-11-27(33)12-8-25)26-9-15-30(16-10-26)42(3,39)40;/h5-16,28,31H,4,17-23H2,1-3H3;1H. The van der Waals surface area contributed by atoms with E-state index in [9.17, 15) is 26.0 Å². The Morgan fingerprint density at radius 1 is 0.837 bits per heavy atom. The van der Waals surface area contributed by atoms with Crippen molar-refractivity contribution in [3.05, 3.63) is 95.3 Å². The average Bonchev–Trinajstić information content (AvgIpc) is 2.95. The summed E-state index contributed by atoms with van der Waals surface area (Å²) in [4.78, 5) is 18.0. The second kappa shape index (κ2) is 14.8. The van der Waals surface area contributed by atoms with Gasteiger partial charge >= 0.3 is 0 Å². The number of nitrogens with zero attached hydrogens (tertiary/aromatic N) is 2. The lowest BCUT2D eigenvalue weighted by Gasteiger charge is -2.38. The van der Waals surface area contributed by atoms with E-state index in [4.69, 9.17) is 0 Å². The Bertz CT molecular complexity index is 1570. The monoisotopic (exact) mass is 650 g/mol. The van der Waals surface area contributed by atoms with Gasteiger partial charge in [0.2, 0.25) is 5.91 Å². The number of likely N-dealkylation sites (N-methyl/N-ethyl adjacent to an activating group) is 1. The highest BCUT2D eigenvalue weighted by Crippen LogP contribution is 2.30. The van der Waals surface area contributed by atoms with Gasteiger partial charge in [0.15, 0.2) is 19.7 Å². The summed E-state index contributed by atoms with van der Waals surface area (Å²) in [6, 6.07) is 20.1. The van der Waals surface area contributed by atoms with Crippen LogP contribution < -0.4 is 0 Å². The number of hydrogen-bond donors (Lipinski definition) is 0. The maximum Gasteiger partial charge on any atom is 0.227 e. The molecule has 4 rings (SSSR count). The van der Waals surface area contributed by atoms with Gasteiger partial charge in [-0.1, -0.05) is 36.4 Å². The van der Waals surface area contributed by atoms with E-state index in [2.05, 4.69) is 4.90 Å². The first-order valence-corrected chi connectivity index (χ1v) is 18.0. The van der Waals surface area contributed by atoms with Crippen LogP contribution in [0.2, 0.25) is 0 Å². The first kappa shape index (κ1) is 34.7. The number of benzene rings is 3. The molecule has 0 aliphatic carbocycles. The van der Waals surface area contributed by atoms with E-state index >= 15 is 0 Å². The second-order valence-electron chi connectivity index (χ2n) is 11.1. The molecule has 1 saturated heterocycles. The lowest BCUT2D eigenvalue weighted by molar-refractivity contribution is -0.133. The van der Waals surface area contributed by atoms with Crippen LogP contribution in [0, 0.1) is 5.82 Å². The number of piperidine rings is 1. The lowest BCUT2D eigenvalue weighted by Crippen LogP contribution is -2.48. The van der Waals surface area contributed by atoms with Gasteiger partial charge in [-0.15, -0.1) is 12.4 Å². The minimum atomic E-state index is -3.30. The molecule has 1 aliphatic rings. The van der Waals surface area contributed by atoms with Crippen LogP contribution in [0.4, 0.5) is 4.39 Å². The molecule has 0 radical (unpaired) electrons. The number of hydrogen-bond acceptors (Lipinski definition) is 6. The predicted molar refractivity (Wildman–Crippen MR) is 170 cm³/mol. The van der Waals surface area contributed by atoms with Crippen LogP contribution in [-0.4, -0.2) is 77.3 Å². The summed E-state index contributed by atoms with van der Waals surface area (Å²) in [7, 11) is -6.58. The molecule has 0 N–H and O–H groups in total. The van der Waals surface area contributed by atoms with Gasteiger partial charge < -0.3 is 9.80 Å². The molecule has 3 aromatic carbocycles. The highest BCUT2D eigenvalue weighted by molar-refractivity contribution is 7.91. The number of carbonyl (C=O) groups excluding carboxylic acids is 1. The van der Waals surface area contributed by atoms with Crippen molar-refractivity contribution in [2.45, 2.75) is 54.4 Å². The summed E-state index contributed by atoms with van der Waals surface area (Å²) in [5, 5.41) is 0. The fraction of sp³-hybridized carbons (Fsp3) is 0.406. The number of sulfone groups is 2. The van der Waals surface area contributed by atoms with Crippen LogP contribution in [0.1, 0.15) is 48.8 Å². The second-order valence-corrected chi connectivity index (χ2v) is 15.1. The molecule has 234 valence electrons. The van der Waals surface area contributed by atoms with E-state index in [0.29, 0.717) is 6.54 Å². The molecule has 0 saturated carbocycles. The first-order valence-electron chi connectivity index (χ1n) is 14.2. The molecule has 0 aromatic heterocycles. The molecule has 7 nitrogen and oxygen atoms in total. The zero-order valence-electron chi connectivity index (χ0n) is 24.8. The van der Waals surface area contributed by atoms with Crippen LogP contribution in [-0.2, 0) is 30.9 Å². The SMILES string of the molecule is CCN(C(=O)Cc1ccc(S(C)(=O)=O)cc1)C1CCN(CCC(c2ccc(F)cc2)c2ccc(S(C)(=O)=O)cc2)CC1.Cl. The van der Waals surface area contributed by atoms with Crippen LogP contribution in [0.25, 0.3) is 0 Å². The molecular weight excluding hydrogens is 611 g/mol. The maximum absolute atomic E-state index is 13.7. The van der Waals surface area contributed by atoms with Crippen LogP contribution >= 0.6 is 12.4 Å². The van der Waals surface area contributed by atoms with Crippen molar-refractivity contribution in [2.75, 3.05) is 38.7 Å². The van der Waals surface area contributed by atoms with Crippen LogP contribution in [0.15, 0.2) is 82.6 Å². The summed E-state index contributed by atoms with van der Waals surface area (Å²) in [6.07, 6.45) is 5.09. The molecular formula is C32H40ClFN2O5S2. The van der Waals surface area contributed by atoms with Crippen molar-refractivity contribution >= 4 is 38.0 Å². The zero-order valence-corrected chi connectivity index (χ0v) is 27.2. The summed E-state index contributed by atoms with van der Waals surface area (Å²) >= 11 is 0. The van der Waals surface area contributed by atoms with Crippen LogP contribution in [0.5, 0.6) is 0 Å². The molecule has 1 atom stereocenters. The van der Waals surface area contributed by atoms with E-state index in [1.165, 1.54) is 24.6 Å². The minimum Gasteiger partial charge on any atom is -0.340 e. The van der Waals surface area contributed by atoms with Crippen molar-refractivity contribution in [1.29, 1.82) is 0 Å². The average molecular weight is 651 g/mol. The Balaban J connectivity index is 0.00000506. The van der Waals surface area contributed by atoms with Crippen molar-refractivity contribution in [3.8, 4) is 0 Å². The molecule has 0 spiro atoms. The number of likely N-dealkylation sites (tertiary alicyclic amines) is 1. The summed E-state index contributed by atoms with van der Waals surface area (Å²) in [6.45, 7) is 5.11. The van der Waals surface area contributed by atoms with E-state index in [1.807, 2.05) is 24.0 Å². The van der Waals surface area contributed by atoms with Crippen molar-refractivity contribution in [2.24, 2.45) is 0 Å². The molecule has 1 unspecified atom stereocenters. The zero-order chi connectivity index (χ0) is 30.5. The molecule has 43 heavy (non-hydrogen) atoms. The van der Waals surface area contributed by atoms with Gasteiger partial charge in [0, 0.05) is 44.1 Å². The predicted octanol–water partition coefficient (Wildman–Crippen LogP) is 5.13. The van der Waals surface area contributed by atoms with Gasteiger partial charge in [-0.3, -0.25) is 4.79 Å². The molecule has 11 heteroatoms. The third kappa shape index (κ3) is 9.35. The molecule has 3 aromatic rings. The topological polar surface area (TPSA) is 91.8 Å². The first-order chi connectivity index (χ1) is 19.8. The van der Waals surface area contributed by atoms with Crippen molar-refractivity contribution in [3.63, 3.8) is 0 Å². The number of amides is 1. The van der Waals surface area contributed by atoms with E-state index < -0.39 is 19.7 Å². The third-order valence-corrected chi connectivity index (χ3v) is 10.3. The highest BCUT2D eigenvalue weighted by atomic mass is 35.5. The Hall–Kier alpha value is -2.79. The maximum atomic E-state index is 13.7. The molecule has 1 amide bonds. The van der Waals surface area contributed by atoms with E-state index in [0.717, 1.165) is 55.6 Å². The van der Waals surface area contributed by atoms with E-state index in [1.54, 1.807) is 48.5 Å². The van der Waals surface area contributed by atoms with Gasteiger partial charge in [-0.25, -0.2) is 21.2 Å². The fourth-order valence-corrected chi connectivity index (χ4v) is 6.96. The van der Waals surface area contributed by atoms with Crippen molar-refractivity contribution in [1.82, 2.24) is 9.80 Å².